The summed E-state index contributed by atoms with van der Waals surface area (Å²) in [5, 5.41) is 8.21. The first-order valence-corrected chi connectivity index (χ1v) is 11.9. The van der Waals surface area contributed by atoms with E-state index in [9.17, 15) is 18.3 Å². The van der Waals surface area contributed by atoms with E-state index < -0.39 is 21.2 Å². The van der Waals surface area contributed by atoms with E-state index in [0.717, 1.165) is 17.5 Å². The molecule has 2 atom stereocenters. The van der Waals surface area contributed by atoms with Gasteiger partial charge < -0.3 is 19.3 Å². The van der Waals surface area contributed by atoms with Crippen LogP contribution in [0, 0.1) is 0 Å². The number of ether oxygens (including phenoxy) is 3. The van der Waals surface area contributed by atoms with Gasteiger partial charge in [-0.15, -0.1) is 0 Å². The third-order valence-corrected chi connectivity index (χ3v) is 7.62. The second-order valence-corrected chi connectivity index (χ2v) is 9.82. The Balaban J connectivity index is 1.90. The molecular weight excluding hydrogens is 434 g/mol. The molecule has 1 aliphatic rings. The van der Waals surface area contributed by atoms with Crippen LogP contribution in [-0.4, -0.2) is 56.0 Å². The predicted molar refractivity (Wildman–Crippen MR) is 119 cm³/mol. The van der Waals surface area contributed by atoms with Crippen LogP contribution in [-0.2, 0) is 32.6 Å². The zero-order chi connectivity index (χ0) is 23.1. The maximum absolute atomic E-state index is 13.6. The van der Waals surface area contributed by atoms with E-state index in [1.54, 1.807) is 62.8 Å². The summed E-state index contributed by atoms with van der Waals surface area (Å²) in [5.74, 6) is -0.0600. The zero-order valence-electron chi connectivity index (χ0n) is 18.3. The minimum Gasteiger partial charge on any atom is -0.497 e. The van der Waals surface area contributed by atoms with Crippen LogP contribution < -0.4 is 9.47 Å². The molecule has 2 aromatic carbocycles. The van der Waals surface area contributed by atoms with Gasteiger partial charge in [0.25, 0.3) is 0 Å². The highest BCUT2D eigenvalue weighted by Gasteiger charge is 2.40. The van der Waals surface area contributed by atoms with Crippen LogP contribution in [0.2, 0.25) is 0 Å². The maximum atomic E-state index is 13.6. The van der Waals surface area contributed by atoms with E-state index >= 15 is 0 Å². The van der Waals surface area contributed by atoms with Crippen molar-refractivity contribution >= 4 is 16.0 Å². The highest BCUT2D eigenvalue weighted by molar-refractivity contribution is 7.90. The Labute approximate surface area is 188 Å². The number of aliphatic carboxylic acids is 1. The van der Waals surface area contributed by atoms with Gasteiger partial charge in [-0.2, -0.15) is 4.31 Å². The molecule has 8 nitrogen and oxygen atoms in total. The number of hydrogen-bond acceptors (Lipinski definition) is 6. The van der Waals surface area contributed by atoms with Crippen molar-refractivity contribution in [1.82, 2.24) is 4.31 Å². The van der Waals surface area contributed by atoms with Gasteiger partial charge in [0.1, 0.15) is 11.5 Å². The first-order valence-electron chi connectivity index (χ1n) is 10.4. The molecule has 1 unspecified atom stereocenters. The first-order chi connectivity index (χ1) is 15.3. The highest BCUT2D eigenvalue weighted by atomic mass is 32.2. The Bertz CT molecular complexity index is 935. The summed E-state index contributed by atoms with van der Waals surface area (Å²) in [4.78, 5) is 12.0. The first kappa shape index (κ1) is 24.0. The molecule has 1 saturated heterocycles. The largest absolute Gasteiger partial charge is 0.497 e. The number of rotatable bonds is 11. The number of carboxylic acids is 1. The molecule has 0 radical (unpaired) electrons. The summed E-state index contributed by atoms with van der Waals surface area (Å²) in [6.45, 7) is 0.597. The van der Waals surface area contributed by atoms with Crippen LogP contribution in [0.25, 0.3) is 0 Å². The molecule has 32 heavy (non-hydrogen) atoms. The Hall–Kier alpha value is -2.62. The molecule has 0 amide bonds. The van der Waals surface area contributed by atoms with Gasteiger partial charge in [0.2, 0.25) is 10.0 Å². The summed E-state index contributed by atoms with van der Waals surface area (Å²) < 4.78 is 44.2. The minimum atomic E-state index is -4.19. The number of methoxy groups -OCH3 is 2. The Morgan fingerprint density at radius 2 is 1.53 bits per heavy atom. The van der Waals surface area contributed by atoms with E-state index in [2.05, 4.69) is 0 Å². The van der Waals surface area contributed by atoms with Crippen LogP contribution in [0.5, 0.6) is 11.5 Å². The van der Waals surface area contributed by atoms with E-state index in [1.165, 1.54) is 4.31 Å². The third-order valence-electron chi connectivity index (χ3n) is 5.53. The van der Waals surface area contributed by atoms with Crippen LogP contribution in [0.3, 0.4) is 0 Å². The van der Waals surface area contributed by atoms with Crippen molar-refractivity contribution < 1.29 is 32.5 Å². The summed E-state index contributed by atoms with van der Waals surface area (Å²) >= 11 is 0. The Morgan fingerprint density at radius 3 is 1.91 bits per heavy atom. The van der Waals surface area contributed by atoms with Crippen molar-refractivity contribution in [2.75, 3.05) is 20.8 Å². The molecule has 9 heteroatoms. The van der Waals surface area contributed by atoms with Gasteiger partial charge in [-0.05, 0) is 48.2 Å². The van der Waals surface area contributed by atoms with Crippen LogP contribution in [0.15, 0.2) is 48.5 Å². The summed E-state index contributed by atoms with van der Waals surface area (Å²) in [7, 11) is -1.08. The predicted octanol–water partition coefficient (Wildman–Crippen LogP) is 3.06. The molecule has 1 aliphatic heterocycles. The number of benzene rings is 2. The lowest BCUT2D eigenvalue weighted by atomic mass is 10.1. The van der Waals surface area contributed by atoms with Gasteiger partial charge in [0, 0.05) is 26.1 Å². The lowest BCUT2D eigenvalue weighted by Crippen LogP contribution is -2.43. The van der Waals surface area contributed by atoms with Crippen molar-refractivity contribution in [2.45, 2.75) is 43.7 Å². The SMILES string of the molecule is COc1ccc(CN(Cc2ccc(OC)cc2)S(=O)(=O)C(C[C@@H]2CCCO2)C(=O)O)cc1. The van der Waals surface area contributed by atoms with Crippen molar-refractivity contribution in [3.05, 3.63) is 59.7 Å². The smallest absolute Gasteiger partial charge is 0.323 e. The number of hydrogen-bond donors (Lipinski definition) is 1. The number of sulfonamides is 1. The van der Waals surface area contributed by atoms with Gasteiger partial charge in [0.05, 0.1) is 20.3 Å². The average Bonchev–Trinajstić information content (AvgIpc) is 3.31. The summed E-state index contributed by atoms with van der Waals surface area (Å²) in [6, 6.07) is 14.1. The number of nitrogens with zero attached hydrogens (tertiary/aromatic N) is 1. The topological polar surface area (TPSA) is 102 Å². The van der Waals surface area contributed by atoms with E-state index in [-0.39, 0.29) is 25.6 Å². The molecule has 1 N–H and O–H groups in total. The molecule has 0 aliphatic carbocycles. The van der Waals surface area contributed by atoms with Crippen LogP contribution in [0.1, 0.15) is 30.4 Å². The lowest BCUT2D eigenvalue weighted by molar-refractivity contribution is -0.137. The number of carboxylic acid groups (broad SMARTS) is 1. The summed E-state index contributed by atoms with van der Waals surface area (Å²) in [5.41, 5.74) is 1.45. The Kier molecular flexibility index (Phi) is 8.11. The lowest BCUT2D eigenvalue weighted by Gasteiger charge is -2.27. The zero-order valence-corrected chi connectivity index (χ0v) is 19.1. The van der Waals surface area contributed by atoms with E-state index in [4.69, 9.17) is 14.2 Å². The van der Waals surface area contributed by atoms with Crippen LogP contribution >= 0.6 is 0 Å². The molecular formula is C23H29NO7S. The fourth-order valence-corrected chi connectivity index (χ4v) is 5.43. The van der Waals surface area contributed by atoms with Gasteiger partial charge in [0.15, 0.2) is 5.25 Å². The van der Waals surface area contributed by atoms with E-state index in [0.29, 0.717) is 24.5 Å². The second kappa shape index (κ2) is 10.8. The second-order valence-electron chi connectivity index (χ2n) is 7.71. The standard InChI is InChI=1S/C23H29NO7S/c1-29-19-9-5-17(6-10-19)15-24(16-18-7-11-20(30-2)12-8-18)32(27,28)22(23(25)26)14-21-4-3-13-31-21/h5-12,21-22H,3-4,13-16H2,1-2H3,(H,25,26)/t21-,22?/m0/s1. The number of carbonyl (C=O) groups is 1. The average molecular weight is 464 g/mol. The fourth-order valence-electron chi connectivity index (χ4n) is 3.70. The van der Waals surface area contributed by atoms with Crippen LogP contribution in [0.4, 0.5) is 0 Å². The van der Waals surface area contributed by atoms with Gasteiger partial charge in [-0.1, -0.05) is 24.3 Å². The van der Waals surface area contributed by atoms with Crippen molar-refractivity contribution in [3.8, 4) is 11.5 Å². The van der Waals surface area contributed by atoms with Gasteiger partial charge >= 0.3 is 5.97 Å². The van der Waals surface area contributed by atoms with Gasteiger partial charge in [-0.25, -0.2) is 8.42 Å². The molecule has 174 valence electrons. The van der Waals surface area contributed by atoms with Crippen molar-refractivity contribution in [2.24, 2.45) is 0 Å². The molecule has 0 spiro atoms. The maximum Gasteiger partial charge on any atom is 0.323 e. The van der Waals surface area contributed by atoms with E-state index in [1.807, 2.05) is 0 Å². The quantitative estimate of drug-likeness (QED) is 0.546. The summed E-state index contributed by atoms with van der Waals surface area (Å²) in [6.07, 6.45) is 1.03. The Morgan fingerprint density at radius 1 is 1.03 bits per heavy atom. The molecule has 1 heterocycles. The monoisotopic (exact) mass is 463 g/mol. The van der Waals surface area contributed by atoms with Gasteiger partial charge in [-0.3, -0.25) is 4.79 Å². The third kappa shape index (κ3) is 5.99. The highest BCUT2D eigenvalue weighted by Crippen LogP contribution is 2.26. The molecule has 2 aromatic rings. The fraction of sp³-hybridized carbons (Fsp3) is 0.435. The van der Waals surface area contributed by atoms with Crippen molar-refractivity contribution in [1.29, 1.82) is 0 Å². The molecule has 1 fully saturated rings. The molecule has 0 bridgehead atoms. The van der Waals surface area contributed by atoms with Crippen molar-refractivity contribution in [3.63, 3.8) is 0 Å². The molecule has 0 aromatic heterocycles. The normalized spacial score (nSPS) is 17.3. The minimum absolute atomic E-state index is 0.0354. The molecule has 0 saturated carbocycles. The molecule has 3 rings (SSSR count).